The molecule has 0 fully saturated rings. The lowest BCUT2D eigenvalue weighted by molar-refractivity contribution is -0.158. The van der Waals surface area contributed by atoms with E-state index in [0.29, 0.717) is 12.1 Å². The summed E-state index contributed by atoms with van der Waals surface area (Å²) >= 11 is 0. The van der Waals surface area contributed by atoms with E-state index < -0.39 is 44.7 Å². The van der Waals surface area contributed by atoms with Crippen LogP contribution in [0.2, 0.25) is 76.6 Å². The molecule has 0 spiro atoms. The second-order valence-corrected chi connectivity index (χ2v) is 31.4. The van der Waals surface area contributed by atoms with E-state index in [1.54, 1.807) is 6.92 Å². The van der Waals surface area contributed by atoms with E-state index >= 15 is 0 Å². The Balaban J connectivity index is 5.03. The van der Waals surface area contributed by atoms with E-state index in [-0.39, 0.29) is 44.6 Å². The normalized spacial score (nSPS) is 13.1. The van der Waals surface area contributed by atoms with Crippen LogP contribution in [0.1, 0.15) is 46.5 Å². The van der Waals surface area contributed by atoms with Crippen LogP contribution in [0.15, 0.2) is 12.7 Å². The van der Waals surface area contributed by atoms with Crippen LogP contribution in [0, 0.1) is 5.41 Å². The second kappa shape index (κ2) is 17.2. The summed E-state index contributed by atoms with van der Waals surface area (Å²) in [6, 6.07) is 3.53. The van der Waals surface area contributed by atoms with Crippen LogP contribution in [0.25, 0.3) is 0 Å². The molecule has 0 amide bonds. The molecule has 0 aliphatic rings. The van der Waals surface area contributed by atoms with E-state index in [9.17, 15) is 14.4 Å². The summed E-state index contributed by atoms with van der Waals surface area (Å²) in [5.41, 5.74) is -0.886. The third-order valence-corrected chi connectivity index (χ3v) is 21.7. The highest BCUT2D eigenvalue weighted by atomic mass is 28.4. The monoisotopic (exact) mass is 634 g/mol. The molecule has 0 unspecified atom stereocenters. The Kier molecular flexibility index (Phi) is 16.7. The number of ether oxygens (including phenoxy) is 3. The predicted octanol–water partition coefficient (Wildman–Crippen LogP) is 7.26. The van der Waals surface area contributed by atoms with Gasteiger partial charge in [-0.3, -0.25) is 9.59 Å². The van der Waals surface area contributed by atoms with Crippen molar-refractivity contribution in [3.8, 4) is 0 Å². The minimum Gasteiger partial charge on any atom is -0.465 e. The Morgan fingerprint density at radius 2 is 0.950 bits per heavy atom. The maximum Gasteiger partial charge on any atom is 0.330 e. The first-order valence-corrected chi connectivity index (χ1v) is 27.2. The Morgan fingerprint density at radius 3 is 1.27 bits per heavy atom. The van der Waals surface area contributed by atoms with Gasteiger partial charge in [-0.2, -0.15) is 0 Å². The van der Waals surface area contributed by atoms with Gasteiger partial charge in [-0.1, -0.05) is 33.3 Å². The lowest BCUT2D eigenvalue weighted by Crippen LogP contribution is -2.44. The minimum absolute atomic E-state index is 0.0391. The number of rotatable bonds is 21. The fourth-order valence-corrected chi connectivity index (χ4v) is 22.4. The number of carbonyl (C=O) groups excluding carboxylic acids is 3. The summed E-state index contributed by atoms with van der Waals surface area (Å²) in [6.07, 6.45) is 3.78. The molecule has 0 bridgehead atoms. The van der Waals surface area contributed by atoms with Gasteiger partial charge in [0.05, 0.1) is 5.41 Å². The van der Waals surface area contributed by atoms with E-state index in [0.717, 1.165) is 31.0 Å². The number of hydrogen-bond acceptors (Lipinski definition) is 8. The molecule has 0 rings (SSSR count). The summed E-state index contributed by atoms with van der Waals surface area (Å²) in [7, 11) is -7.51. The summed E-state index contributed by atoms with van der Waals surface area (Å²) in [5.74, 6) is -1.26. The maximum atomic E-state index is 12.7. The molecule has 0 heterocycles. The van der Waals surface area contributed by atoms with Crippen LogP contribution in [0.5, 0.6) is 0 Å². The van der Waals surface area contributed by atoms with E-state index in [1.165, 1.54) is 0 Å². The molecule has 0 aliphatic carbocycles. The molecule has 0 aromatic heterocycles. The van der Waals surface area contributed by atoms with Crippen molar-refractivity contribution in [1.29, 1.82) is 0 Å². The second-order valence-electron chi connectivity index (χ2n) is 13.7. The Bertz CT molecular complexity index is 775. The number of esters is 3. The zero-order valence-corrected chi connectivity index (χ0v) is 31.3. The molecular formula is C28H58O8Si4. The third-order valence-electron chi connectivity index (χ3n) is 6.56. The van der Waals surface area contributed by atoms with Crippen LogP contribution < -0.4 is 0 Å². The highest BCUT2D eigenvalue weighted by Crippen LogP contribution is 2.26. The SMILES string of the molecule is C=CC(=O)OCC(C)(COC(=O)CC[Si](C)(C)O[Si](C)(C)CCC)COC(=O)CC[Si](C)(C)O[Si](C)(C)CCC. The van der Waals surface area contributed by atoms with Crippen LogP contribution in [0.4, 0.5) is 0 Å². The predicted molar refractivity (Wildman–Crippen MR) is 172 cm³/mol. The van der Waals surface area contributed by atoms with Gasteiger partial charge in [0.15, 0.2) is 33.3 Å². The van der Waals surface area contributed by atoms with Gasteiger partial charge in [0, 0.05) is 18.9 Å². The Hall–Kier alpha value is -1.06. The van der Waals surface area contributed by atoms with Gasteiger partial charge in [0.2, 0.25) is 0 Å². The quantitative estimate of drug-likeness (QED) is 0.0563. The summed E-state index contributed by atoms with van der Waals surface area (Å²) in [4.78, 5) is 37.0. The van der Waals surface area contributed by atoms with Crippen molar-refractivity contribution in [3.63, 3.8) is 0 Å². The molecular weight excluding hydrogens is 577 g/mol. The van der Waals surface area contributed by atoms with Crippen LogP contribution >= 0.6 is 0 Å². The van der Waals surface area contributed by atoms with Crippen molar-refractivity contribution in [2.45, 2.75) is 123 Å². The zero-order chi connectivity index (χ0) is 31.3. The van der Waals surface area contributed by atoms with E-state index in [1.807, 2.05) is 0 Å². The highest BCUT2D eigenvalue weighted by Gasteiger charge is 2.35. The van der Waals surface area contributed by atoms with Crippen molar-refractivity contribution >= 4 is 51.2 Å². The molecule has 8 nitrogen and oxygen atoms in total. The maximum absolute atomic E-state index is 12.7. The molecule has 0 saturated carbocycles. The first-order chi connectivity index (χ1) is 18.2. The standard InChI is InChI=1S/C28H58O8Si4/c1-13-18-37(5,6)35-39(9,10)20-16-26(30)33-23-28(4,22-32-25(29)15-3)24-34-27(31)17-21-40(11,12)36-38(7,8)19-14-2/h15H,3,13-14,16-24H2,1-2,4-12H3. The van der Waals surface area contributed by atoms with Crippen molar-refractivity contribution < 1.29 is 36.8 Å². The molecule has 0 atom stereocenters. The molecule has 0 N–H and O–H groups in total. The first-order valence-electron chi connectivity index (χ1n) is 14.7. The average Bonchev–Trinajstić information content (AvgIpc) is 2.81. The Morgan fingerprint density at radius 1 is 0.625 bits per heavy atom. The van der Waals surface area contributed by atoms with Crippen molar-refractivity contribution in [3.05, 3.63) is 12.7 Å². The fourth-order valence-electron chi connectivity index (χ4n) is 4.79. The van der Waals surface area contributed by atoms with Crippen molar-refractivity contribution in [2.24, 2.45) is 5.41 Å². The van der Waals surface area contributed by atoms with Crippen LogP contribution in [-0.4, -0.2) is 71.0 Å². The summed E-state index contributed by atoms with van der Waals surface area (Å²) in [5, 5.41) is 0. The van der Waals surface area contributed by atoms with Gasteiger partial charge < -0.3 is 22.4 Å². The van der Waals surface area contributed by atoms with E-state index in [4.69, 9.17) is 22.4 Å². The molecule has 0 aliphatic heterocycles. The average molecular weight is 635 g/mol. The van der Waals surface area contributed by atoms with Gasteiger partial charge in [0.25, 0.3) is 0 Å². The largest absolute Gasteiger partial charge is 0.465 e. The third kappa shape index (κ3) is 18.4. The molecule has 0 aromatic rings. The fraction of sp³-hybridized carbons (Fsp3) is 0.821. The topological polar surface area (TPSA) is 97.4 Å². The molecule has 0 radical (unpaired) electrons. The van der Waals surface area contributed by atoms with Gasteiger partial charge >= 0.3 is 17.9 Å². The molecule has 40 heavy (non-hydrogen) atoms. The molecule has 0 aromatic carbocycles. The zero-order valence-electron chi connectivity index (χ0n) is 27.3. The van der Waals surface area contributed by atoms with Crippen LogP contribution in [-0.2, 0) is 36.8 Å². The lowest BCUT2D eigenvalue weighted by Gasteiger charge is -2.34. The van der Waals surface area contributed by atoms with Crippen LogP contribution in [0.3, 0.4) is 0 Å². The number of hydrogen-bond donors (Lipinski definition) is 0. The molecule has 12 heteroatoms. The summed E-state index contributed by atoms with van der Waals surface area (Å²) < 4.78 is 29.5. The first kappa shape index (κ1) is 38.9. The van der Waals surface area contributed by atoms with Crippen molar-refractivity contribution in [2.75, 3.05) is 19.8 Å². The van der Waals surface area contributed by atoms with Gasteiger partial charge in [-0.25, -0.2) is 4.79 Å². The summed E-state index contributed by atoms with van der Waals surface area (Å²) in [6.45, 7) is 26.9. The Labute approximate surface area is 248 Å². The minimum atomic E-state index is -2.02. The van der Waals surface area contributed by atoms with Crippen molar-refractivity contribution in [1.82, 2.24) is 0 Å². The lowest BCUT2D eigenvalue weighted by atomic mass is 9.94. The van der Waals surface area contributed by atoms with E-state index in [2.05, 4.69) is 72.8 Å². The number of carbonyl (C=O) groups is 3. The molecule has 234 valence electrons. The molecule has 0 saturated heterocycles. The van der Waals surface area contributed by atoms with Gasteiger partial charge in [-0.15, -0.1) is 0 Å². The smallest absolute Gasteiger partial charge is 0.330 e. The van der Waals surface area contributed by atoms with Gasteiger partial charge in [0.1, 0.15) is 19.8 Å². The van der Waals surface area contributed by atoms with Gasteiger partial charge in [-0.05, 0) is 83.5 Å². The highest BCUT2D eigenvalue weighted by molar-refractivity contribution is 6.85.